The Morgan fingerprint density at radius 2 is 1.81 bits per heavy atom. The fraction of sp³-hybridized carbons (Fsp3) is 0.346. The Morgan fingerprint density at radius 1 is 1.06 bits per heavy atom. The second-order valence-electron chi connectivity index (χ2n) is 8.82. The SMILES string of the molecule is Cc1ccccc1-n1nc(C(=O)NC(Cc2ccccc2)C(=O)NC2CC2)c2c1CCC2. The minimum absolute atomic E-state index is 0.125. The lowest BCUT2D eigenvalue weighted by Gasteiger charge is -2.18. The van der Waals surface area contributed by atoms with Crippen LogP contribution >= 0.6 is 0 Å². The van der Waals surface area contributed by atoms with E-state index in [4.69, 9.17) is 5.10 Å². The smallest absolute Gasteiger partial charge is 0.272 e. The number of carbonyl (C=O) groups is 2. The molecule has 2 aliphatic carbocycles. The lowest BCUT2D eigenvalue weighted by molar-refractivity contribution is -0.123. The predicted octanol–water partition coefficient (Wildman–Crippen LogP) is 3.29. The molecule has 1 heterocycles. The highest BCUT2D eigenvalue weighted by Gasteiger charge is 2.32. The summed E-state index contributed by atoms with van der Waals surface area (Å²) >= 11 is 0. The van der Waals surface area contributed by atoms with Crippen LogP contribution in [0.4, 0.5) is 0 Å². The minimum Gasteiger partial charge on any atom is -0.352 e. The summed E-state index contributed by atoms with van der Waals surface area (Å²) in [6.07, 6.45) is 5.21. The van der Waals surface area contributed by atoms with Gasteiger partial charge >= 0.3 is 0 Å². The first-order valence-electron chi connectivity index (χ1n) is 11.4. The summed E-state index contributed by atoms with van der Waals surface area (Å²) in [6.45, 7) is 2.05. The van der Waals surface area contributed by atoms with Gasteiger partial charge in [0, 0.05) is 23.7 Å². The molecule has 1 aromatic heterocycles. The maximum atomic E-state index is 13.4. The highest BCUT2D eigenvalue weighted by atomic mass is 16.2. The number of aryl methyl sites for hydroxylation is 1. The molecule has 2 amide bonds. The van der Waals surface area contributed by atoms with E-state index in [9.17, 15) is 9.59 Å². The average Bonchev–Trinajstić information content (AvgIpc) is 3.35. The molecule has 0 aliphatic heterocycles. The molecule has 2 N–H and O–H groups in total. The average molecular weight is 429 g/mol. The summed E-state index contributed by atoms with van der Waals surface area (Å²) in [5, 5.41) is 10.8. The number of fused-ring (bicyclic) bond motifs is 1. The molecular formula is C26H28N4O2. The van der Waals surface area contributed by atoms with Gasteiger partial charge in [-0.25, -0.2) is 4.68 Å². The van der Waals surface area contributed by atoms with E-state index < -0.39 is 6.04 Å². The molecule has 1 atom stereocenters. The van der Waals surface area contributed by atoms with Crippen LogP contribution in [0.25, 0.3) is 5.69 Å². The van der Waals surface area contributed by atoms with E-state index in [1.165, 1.54) is 0 Å². The molecule has 1 fully saturated rings. The van der Waals surface area contributed by atoms with Crippen molar-refractivity contribution in [2.45, 2.75) is 57.5 Å². The van der Waals surface area contributed by atoms with Crippen molar-refractivity contribution in [1.82, 2.24) is 20.4 Å². The van der Waals surface area contributed by atoms with Gasteiger partial charge in [0.25, 0.3) is 5.91 Å². The first-order chi connectivity index (χ1) is 15.6. The van der Waals surface area contributed by atoms with E-state index in [1.54, 1.807) is 0 Å². The zero-order chi connectivity index (χ0) is 22.1. The third-order valence-electron chi connectivity index (χ3n) is 6.32. The quantitative estimate of drug-likeness (QED) is 0.606. The highest BCUT2D eigenvalue weighted by Crippen LogP contribution is 2.29. The molecule has 0 spiro atoms. The van der Waals surface area contributed by atoms with E-state index in [1.807, 2.05) is 53.2 Å². The molecule has 0 radical (unpaired) electrons. The largest absolute Gasteiger partial charge is 0.352 e. The van der Waals surface area contributed by atoms with Gasteiger partial charge in [0.15, 0.2) is 5.69 Å². The molecule has 3 aromatic rings. The summed E-state index contributed by atoms with van der Waals surface area (Å²) in [4.78, 5) is 26.3. The third kappa shape index (κ3) is 4.17. The van der Waals surface area contributed by atoms with E-state index in [-0.39, 0.29) is 17.9 Å². The molecule has 6 heteroatoms. The molecule has 0 bridgehead atoms. The zero-order valence-corrected chi connectivity index (χ0v) is 18.3. The van der Waals surface area contributed by atoms with Gasteiger partial charge in [-0.2, -0.15) is 5.10 Å². The number of amides is 2. The lowest BCUT2D eigenvalue weighted by Crippen LogP contribution is -2.48. The summed E-state index contributed by atoms with van der Waals surface area (Å²) < 4.78 is 1.92. The molecule has 6 nitrogen and oxygen atoms in total. The van der Waals surface area contributed by atoms with Crippen molar-refractivity contribution in [3.05, 3.63) is 82.7 Å². The number of nitrogens with one attached hydrogen (secondary N) is 2. The number of benzene rings is 2. The molecule has 32 heavy (non-hydrogen) atoms. The van der Waals surface area contributed by atoms with Gasteiger partial charge in [0.05, 0.1) is 5.69 Å². The lowest BCUT2D eigenvalue weighted by atomic mass is 10.0. The van der Waals surface area contributed by atoms with Crippen molar-refractivity contribution in [3.8, 4) is 5.69 Å². The molecule has 2 aromatic carbocycles. The first kappa shape index (κ1) is 20.5. The summed E-state index contributed by atoms with van der Waals surface area (Å²) in [7, 11) is 0. The number of hydrogen-bond acceptors (Lipinski definition) is 3. The van der Waals surface area contributed by atoms with Crippen molar-refractivity contribution >= 4 is 11.8 Å². The Balaban J connectivity index is 1.42. The number of nitrogens with zero attached hydrogens (tertiary/aromatic N) is 2. The Hall–Kier alpha value is -3.41. The van der Waals surface area contributed by atoms with Crippen LogP contribution in [0.2, 0.25) is 0 Å². The number of aromatic nitrogens is 2. The maximum Gasteiger partial charge on any atom is 0.272 e. The maximum absolute atomic E-state index is 13.4. The van der Waals surface area contributed by atoms with E-state index in [0.29, 0.717) is 12.1 Å². The summed E-state index contributed by atoms with van der Waals surface area (Å²) in [6, 6.07) is 17.5. The highest BCUT2D eigenvalue weighted by molar-refractivity contribution is 5.97. The Kier molecular flexibility index (Phi) is 5.52. The van der Waals surface area contributed by atoms with Gasteiger partial charge in [0.1, 0.15) is 6.04 Å². The van der Waals surface area contributed by atoms with Crippen LogP contribution in [-0.4, -0.2) is 33.7 Å². The fourth-order valence-corrected chi connectivity index (χ4v) is 4.44. The van der Waals surface area contributed by atoms with Crippen molar-refractivity contribution < 1.29 is 9.59 Å². The van der Waals surface area contributed by atoms with Gasteiger partial charge in [-0.1, -0.05) is 48.5 Å². The van der Waals surface area contributed by atoms with Crippen molar-refractivity contribution in [2.75, 3.05) is 0 Å². The normalized spacial score (nSPS) is 15.8. The first-order valence-corrected chi connectivity index (χ1v) is 11.4. The van der Waals surface area contributed by atoms with Crippen LogP contribution in [0.1, 0.15) is 52.1 Å². The van der Waals surface area contributed by atoms with Crippen LogP contribution < -0.4 is 10.6 Å². The Bertz CT molecular complexity index is 1150. The van der Waals surface area contributed by atoms with Gasteiger partial charge in [-0.3, -0.25) is 9.59 Å². The fourth-order valence-electron chi connectivity index (χ4n) is 4.44. The standard InChI is InChI=1S/C26H28N4O2/c1-17-8-5-6-12-22(17)30-23-13-7-11-20(23)24(29-30)26(32)28-21(25(31)27-19-14-15-19)16-18-9-3-2-4-10-18/h2-6,8-10,12,19,21H,7,11,13-16H2,1H3,(H,27,31)(H,28,32). The van der Waals surface area contributed by atoms with Crippen molar-refractivity contribution in [3.63, 3.8) is 0 Å². The molecule has 2 aliphatic rings. The van der Waals surface area contributed by atoms with E-state index in [0.717, 1.165) is 60.2 Å². The molecule has 1 unspecified atom stereocenters. The number of rotatable bonds is 7. The van der Waals surface area contributed by atoms with Gasteiger partial charge in [-0.05, 0) is 56.2 Å². The van der Waals surface area contributed by atoms with Crippen LogP contribution in [0.5, 0.6) is 0 Å². The Labute approximate surface area is 188 Å². The second kappa shape index (κ2) is 8.61. The van der Waals surface area contributed by atoms with E-state index >= 15 is 0 Å². The van der Waals surface area contributed by atoms with Crippen LogP contribution in [0.3, 0.4) is 0 Å². The number of hydrogen-bond donors (Lipinski definition) is 2. The van der Waals surface area contributed by atoms with Crippen LogP contribution in [0.15, 0.2) is 54.6 Å². The van der Waals surface area contributed by atoms with Gasteiger partial charge in [-0.15, -0.1) is 0 Å². The third-order valence-corrected chi connectivity index (χ3v) is 6.32. The topological polar surface area (TPSA) is 76.0 Å². The monoisotopic (exact) mass is 428 g/mol. The second-order valence-corrected chi connectivity index (χ2v) is 8.82. The predicted molar refractivity (Wildman–Crippen MR) is 123 cm³/mol. The number of para-hydroxylation sites is 1. The van der Waals surface area contributed by atoms with Crippen LogP contribution in [0, 0.1) is 6.92 Å². The molecule has 5 rings (SSSR count). The van der Waals surface area contributed by atoms with Crippen molar-refractivity contribution in [1.29, 1.82) is 0 Å². The van der Waals surface area contributed by atoms with Gasteiger partial charge < -0.3 is 10.6 Å². The molecular weight excluding hydrogens is 400 g/mol. The molecule has 0 saturated heterocycles. The van der Waals surface area contributed by atoms with E-state index in [2.05, 4.69) is 23.6 Å². The van der Waals surface area contributed by atoms with Crippen LogP contribution in [-0.2, 0) is 24.1 Å². The zero-order valence-electron chi connectivity index (χ0n) is 18.3. The van der Waals surface area contributed by atoms with Crippen molar-refractivity contribution in [2.24, 2.45) is 0 Å². The summed E-state index contributed by atoms with van der Waals surface area (Å²) in [5.41, 5.74) is 5.68. The number of carbonyl (C=O) groups excluding carboxylic acids is 2. The molecule has 164 valence electrons. The van der Waals surface area contributed by atoms with Gasteiger partial charge in [0.2, 0.25) is 5.91 Å². The molecule has 1 saturated carbocycles. The summed E-state index contributed by atoms with van der Waals surface area (Å²) in [5.74, 6) is -0.401. The Morgan fingerprint density at radius 3 is 2.56 bits per heavy atom. The minimum atomic E-state index is -0.633.